The van der Waals surface area contributed by atoms with Crippen molar-refractivity contribution in [3.05, 3.63) is 384 Å². The molecule has 0 radical (unpaired) electrons. The van der Waals surface area contributed by atoms with Crippen LogP contribution in [0.2, 0.25) is 0 Å². The van der Waals surface area contributed by atoms with E-state index in [-0.39, 0.29) is 16.2 Å². The second-order valence-electron chi connectivity index (χ2n) is 30.9. The summed E-state index contributed by atoms with van der Waals surface area (Å²) in [5.41, 5.74) is 38.6. The molecule has 0 bridgehead atoms. The Morgan fingerprint density at radius 3 is 1.15 bits per heavy atom. The second-order valence-corrected chi connectivity index (χ2v) is 30.9. The van der Waals surface area contributed by atoms with E-state index in [0.29, 0.717) is 0 Å². The Morgan fingerprint density at radius 1 is 0.190 bits per heavy atom. The first-order valence-electron chi connectivity index (χ1n) is 37.1. The Kier molecular flexibility index (Phi) is 14.8. The van der Waals surface area contributed by atoms with Gasteiger partial charge in [-0.1, -0.05) is 290 Å². The molecule has 16 aromatic rings. The standard InChI is InChI=1S/C103H80N2/c1-65-55-77(68-27-13-10-14-28-68)59-91(76-42-41-69-29-15-16-31-72(69)58-76)99(65)105(81-49-53-89-86-37-20-22-40-94(86)102(5,6)97(89)63-81)82-50-54-90-87-51-45-75(61-95(87)103(7,8)98(90)64-82)73-33-23-34-74(57-73)78-56-66(2)100(92(60-78)84-38-24-32-71-30-17-18-35-83(71)84)104(79-46-43-70(44-47-79)67-25-11-9-12-26-67)80-48-52-88-85-36-19-21-39-93(85)101(3,4)96(88)62-80/h9-64H,1-8H3. The van der Waals surface area contributed by atoms with Gasteiger partial charge in [-0.05, 0) is 260 Å². The van der Waals surface area contributed by atoms with Crippen molar-refractivity contribution in [3.8, 4) is 100 Å². The molecule has 0 saturated carbocycles. The van der Waals surface area contributed by atoms with Gasteiger partial charge in [0.25, 0.3) is 0 Å². The van der Waals surface area contributed by atoms with Crippen LogP contribution in [0.1, 0.15) is 86.1 Å². The molecule has 0 saturated heterocycles. The van der Waals surface area contributed by atoms with Crippen molar-refractivity contribution in [1.29, 1.82) is 0 Å². The van der Waals surface area contributed by atoms with E-state index < -0.39 is 0 Å². The van der Waals surface area contributed by atoms with Gasteiger partial charge in [0, 0.05) is 50.1 Å². The average Bonchev–Trinajstić information content (AvgIpc) is 1.58. The van der Waals surface area contributed by atoms with Gasteiger partial charge in [-0.3, -0.25) is 0 Å². The summed E-state index contributed by atoms with van der Waals surface area (Å²) in [6, 6.07) is 128. The van der Waals surface area contributed by atoms with Crippen LogP contribution in [0, 0.1) is 13.8 Å². The van der Waals surface area contributed by atoms with Gasteiger partial charge in [-0.2, -0.15) is 0 Å². The lowest BCUT2D eigenvalue weighted by Crippen LogP contribution is -2.19. The summed E-state index contributed by atoms with van der Waals surface area (Å²) >= 11 is 0. The number of hydrogen-bond acceptors (Lipinski definition) is 2. The largest absolute Gasteiger partial charge is 0.310 e. The Hall–Kier alpha value is -12.4. The molecule has 0 aromatic heterocycles. The van der Waals surface area contributed by atoms with Gasteiger partial charge >= 0.3 is 0 Å². The van der Waals surface area contributed by atoms with E-state index in [1.807, 2.05) is 0 Å². The van der Waals surface area contributed by atoms with Crippen LogP contribution in [0.5, 0.6) is 0 Å². The van der Waals surface area contributed by atoms with Crippen LogP contribution in [-0.4, -0.2) is 0 Å². The molecule has 0 amide bonds. The second kappa shape index (κ2) is 24.4. The number of benzene rings is 16. The SMILES string of the molecule is Cc1cc(-c2ccccc2)cc(-c2ccc3ccccc3c2)c1N(c1ccc2c(c1)C(C)(C)c1ccccc1-2)c1ccc2c(c1)C(C)(C)c1cc(-c3cccc(-c4cc(C)c(N(c5ccc(-c6ccccc6)cc5)c5ccc6c(c5)C(C)(C)c5ccccc5-6)c(-c5cccc6ccccc56)c4)c3)ccc1-2. The van der Waals surface area contributed by atoms with Crippen LogP contribution in [0.3, 0.4) is 0 Å². The lowest BCUT2D eigenvalue weighted by atomic mass is 9.81. The molecule has 19 rings (SSSR count). The Balaban J connectivity index is 0.733. The van der Waals surface area contributed by atoms with Crippen molar-refractivity contribution >= 4 is 55.7 Å². The highest BCUT2D eigenvalue weighted by atomic mass is 15.2. The monoisotopic (exact) mass is 1340 g/mol. The van der Waals surface area contributed by atoms with Crippen LogP contribution in [-0.2, 0) is 16.2 Å². The van der Waals surface area contributed by atoms with Crippen LogP contribution in [0.25, 0.3) is 122 Å². The molecule has 105 heavy (non-hydrogen) atoms. The maximum Gasteiger partial charge on any atom is 0.0569 e. The molecule has 502 valence electrons. The smallest absolute Gasteiger partial charge is 0.0569 e. The number of fused-ring (bicyclic) bond motifs is 11. The van der Waals surface area contributed by atoms with Gasteiger partial charge in [0.1, 0.15) is 0 Å². The third kappa shape index (κ3) is 10.4. The van der Waals surface area contributed by atoms with E-state index in [0.717, 1.165) is 28.4 Å². The molecular weight excluding hydrogens is 1270 g/mol. The molecule has 0 aliphatic heterocycles. The van der Waals surface area contributed by atoms with Crippen molar-refractivity contribution in [2.45, 2.75) is 71.6 Å². The van der Waals surface area contributed by atoms with Gasteiger partial charge in [0.2, 0.25) is 0 Å². The summed E-state index contributed by atoms with van der Waals surface area (Å²) in [7, 11) is 0. The molecule has 0 atom stereocenters. The van der Waals surface area contributed by atoms with E-state index in [4.69, 9.17) is 0 Å². The highest BCUT2D eigenvalue weighted by molar-refractivity contribution is 6.05. The third-order valence-electron chi connectivity index (χ3n) is 23.6. The molecule has 0 N–H and O–H groups in total. The third-order valence-corrected chi connectivity index (χ3v) is 23.6. The highest BCUT2D eigenvalue weighted by Gasteiger charge is 2.40. The molecule has 2 heteroatoms. The number of hydrogen-bond donors (Lipinski definition) is 0. The number of nitrogens with zero attached hydrogens (tertiary/aromatic N) is 2. The topological polar surface area (TPSA) is 6.48 Å². The van der Waals surface area contributed by atoms with Crippen molar-refractivity contribution < 1.29 is 0 Å². The lowest BCUT2D eigenvalue weighted by Gasteiger charge is -2.32. The molecule has 16 aromatic carbocycles. The molecule has 0 unspecified atom stereocenters. The predicted octanol–water partition coefficient (Wildman–Crippen LogP) is 28.5. The van der Waals surface area contributed by atoms with Crippen molar-refractivity contribution in [1.82, 2.24) is 0 Å². The Morgan fingerprint density at radius 2 is 0.552 bits per heavy atom. The van der Waals surface area contributed by atoms with Gasteiger partial charge < -0.3 is 9.80 Å². The fraction of sp³-hybridized carbons (Fsp3) is 0.107. The van der Waals surface area contributed by atoms with E-state index >= 15 is 0 Å². The number of anilines is 6. The first-order valence-corrected chi connectivity index (χ1v) is 37.1. The first-order chi connectivity index (χ1) is 51.1. The van der Waals surface area contributed by atoms with Crippen molar-refractivity contribution in [3.63, 3.8) is 0 Å². The van der Waals surface area contributed by atoms with Crippen LogP contribution in [0.4, 0.5) is 34.1 Å². The van der Waals surface area contributed by atoms with E-state index in [1.54, 1.807) is 0 Å². The van der Waals surface area contributed by atoms with Gasteiger partial charge in [0.15, 0.2) is 0 Å². The van der Waals surface area contributed by atoms with Gasteiger partial charge in [-0.25, -0.2) is 0 Å². The molecule has 2 nitrogen and oxygen atoms in total. The molecule has 0 heterocycles. The van der Waals surface area contributed by atoms with Crippen LogP contribution in [0.15, 0.2) is 340 Å². The minimum absolute atomic E-state index is 0.187. The minimum Gasteiger partial charge on any atom is -0.310 e. The fourth-order valence-electron chi connectivity index (χ4n) is 18.2. The Labute approximate surface area is 617 Å². The summed E-state index contributed by atoms with van der Waals surface area (Å²) in [6.07, 6.45) is 0. The zero-order chi connectivity index (χ0) is 71.0. The highest BCUT2D eigenvalue weighted by Crippen LogP contribution is 2.57. The molecule has 0 spiro atoms. The molecule has 3 aliphatic carbocycles. The normalized spacial score (nSPS) is 13.8. The zero-order valence-corrected chi connectivity index (χ0v) is 60.7. The van der Waals surface area contributed by atoms with E-state index in [1.165, 1.54) is 172 Å². The van der Waals surface area contributed by atoms with Crippen LogP contribution < -0.4 is 9.80 Å². The van der Waals surface area contributed by atoms with Crippen molar-refractivity contribution in [2.24, 2.45) is 0 Å². The summed E-state index contributed by atoms with van der Waals surface area (Å²) in [6.45, 7) is 19.1. The number of rotatable bonds is 12. The average molecular weight is 1350 g/mol. The quantitative estimate of drug-likeness (QED) is 0.120. The summed E-state index contributed by atoms with van der Waals surface area (Å²) in [5, 5.41) is 4.88. The van der Waals surface area contributed by atoms with E-state index in [2.05, 4.69) is 405 Å². The van der Waals surface area contributed by atoms with Crippen LogP contribution >= 0.6 is 0 Å². The van der Waals surface area contributed by atoms with Gasteiger partial charge in [0.05, 0.1) is 11.4 Å². The maximum atomic E-state index is 2.58. The number of aryl methyl sites for hydroxylation is 2. The zero-order valence-electron chi connectivity index (χ0n) is 60.7. The summed E-state index contributed by atoms with van der Waals surface area (Å²) < 4.78 is 0. The first kappa shape index (κ1) is 63.6. The van der Waals surface area contributed by atoms with Crippen molar-refractivity contribution in [2.75, 3.05) is 9.80 Å². The summed E-state index contributed by atoms with van der Waals surface area (Å²) in [5.74, 6) is 0. The van der Waals surface area contributed by atoms with E-state index in [9.17, 15) is 0 Å². The Bertz CT molecular complexity index is 6200. The summed E-state index contributed by atoms with van der Waals surface area (Å²) in [4.78, 5) is 5.12. The molecule has 0 fully saturated rings. The molecule has 3 aliphatic rings. The van der Waals surface area contributed by atoms with Gasteiger partial charge in [-0.15, -0.1) is 0 Å². The fourth-order valence-corrected chi connectivity index (χ4v) is 18.2. The lowest BCUT2D eigenvalue weighted by molar-refractivity contribution is 0.660. The molecular formula is C103H80N2. The predicted molar refractivity (Wildman–Crippen MR) is 446 cm³/mol. The minimum atomic E-state index is -0.346. The maximum absolute atomic E-state index is 2.58.